The van der Waals surface area contributed by atoms with Crippen molar-refractivity contribution in [3.8, 4) is 0 Å². The van der Waals surface area contributed by atoms with Crippen LogP contribution in [0.3, 0.4) is 0 Å². The first kappa shape index (κ1) is 12.1. The summed E-state index contributed by atoms with van der Waals surface area (Å²) in [5.41, 5.74) is 2.30. The molecule has 6 heteroatoms. The van der Waals surface area contributed by atoms with Crippen molar-refractivity contribution in [2.45, 2.75) is 6.54 Å². The minimum atomic E-state index is -0.338. The van der Waals surface area contributed by atoms with Crippen molar-refractivity contribution in [3.63, 3.8) is 0 Å². The topological polar surface area (TPSA) is 69.0 Å². The van der Waals surface area contributed by atoms with Crippen LogP contribution in [0.1, 0.15) is 16.1 Å². The second-order valence-electron chi connectivity index (χ2n) is 3.81. The number of nitrogens with zero attached hydrogens (tertiary/aromatic N) is 3. The molecule has 0 aliphatic carbocycles. The van der Waals surface area contributed by atoms with Gasteiger partial charge in [0.15, 0.2) is 0 Å². The SMILES string of the molecule is COC(=O)c1ccc(NCc2cn(C)nn2)cc1. The quantitative estimate of drug-likeness (QED) is 0.821. The smallest absolute Gasteiger partial charge is 0.337 e. The van der Waals surface area contributed by atoms with Crippen LogP contribution >= 0.6 is 0 Å². The van der Waals surface area contributed by atoms with E-state index < -0.39 is 0 Å². The highest BCUT2D eigenvalue weighted by molar-refractivity contribution is 5.89. The lowest BCUT2D eigenvalue weighted by molar-refractivity contribution is 0.0601. The average Bonchev–Trinajstić information content (AvgIpc) is 2.82. The molecular weight excluding hydrogens is 232 g/mol. The molecule has 0 bridgehead atoms. The molecule has 0 saturated heterocycles. The summed E-state index contributed by atoms with van der Waals surface area (Å²) in [6, 6.07) is 7.07. The van der Waals surface area contributed by atoms with Gasteiger partial charge in [-0.25, -0.2) is 4.79 Å². The van der Waals surface area contributed by atoms with Crippen LogP contribution in [0.15, 0.2) is 30.5 Å². The first-order chi connectivity index (χ1) is 8.69. The molecule has 0 saturated carbocycles. The Morgan fingerprint density at radius 2 is 2.11 bits per heavy atom. The van der Waals surface area contributed by atoms with E-state index in [2.05, 4.69) is 20.4 Å². The number of hydrogen-bond acceptors (Lipinski definition) is 5. The highest BCUT2D eigenvalue weighted by Crippen LogP contribution is 2.11. The van der Waals surface area contributed by atoms with Crippen LogP contribution in [0.2, 0.25) is 0 Å². The summed E-state index contributed by atoms with van der Waals surface area (Å²) in [6.45, 7) is 0.589. The number of esters is 1. The number of hydrogen-bond donors (Lipinski definition) is 1. The Morgan fingerprint density at radius 3 is 2.67 bits per heavy atom. The molecule has 0 fully saturated rings. The third kappa shape index (κ3) is 2.85. The second kappa shape index (κ2) is 5.31. The van der Waals surface area contributed by atoms with Gasteiger partial charge in [0.05, 0.1) is 19.2 Å². The molecule has 0 radical (unpaired) electrons. The van der Waals surface area contributed by atoms with E-state index in [1.807, 2.05) is 25.4 Å². The van der Waals surface area contributed by atoms with E-state index in [0.717, 1.165) is 11.4 Å². The summed E-state index contributed by atoms with van der Waals surface area (Å²) in [6.07, 6.45) is 1.84. The Labute approximate surface area is 105 Å². The Hall–Kier alpha value is -2.37. The standard InChI is InChI=1S/C12H14N4O2/c1-16-8-11(14-15-16)7-13-10-5-3-9(4-6-10)12(17)18-2/h3-6,8,13H,7H2,1-2H3. The molecule has 18 heavy (non-hydrogen) atoms. The van der Waals surface area contributed by atoms with Crippen molar-refractivity contribution in [2.75, 3.05) is 12.4 Å². The second-order valence-corrected chi connectivity index (χ2v) is 3.81. The number of aromatic nitrogens is 3. The van der Waals surface area contributed by atoms with Gasteiger partial charge in [0.25, 0.3) is 0 Å². The number of rotatable bonds is 4. The molecule has 1 N–H and O–H groups in total. The molecule has 1 aromatic heterocycles. The molecule has 0 spiro atoms. The van der Waals surface area contributed by atoms with Gasteiger partial charge < -0.3 is 10.1 Å². The number of carbonyl (C=O) groups is 1. The van der Waals surface area contributed by atoms with Crippen molar-refractivity contribution in [3.05, 3.63) is 41.7 Å². The molecule has 0 amide bonds. The molecule has 0 unspecified atom stereocenters. The molecule has 94 valence electrons. The summed E-state index contributed by atoms with van der Waals surface area (Å²) in [5.74, 6) is -0.338. The third-order valence-electron chi connectivity index (χ3n) is 2.43. The lowest BCUT2D eigenvalue weighted by atomic mass is 10.2. The van der Waals surface area contributed by atoms with Crippen LogP contribution in [0, 0.1) is 0 Å². The van der Waals surface area contributed by atoms with Crippen LogP contribution in [0.25, 0.3) is 0 Å². The number of ether oxygens (including phenoxy) is 1. The van der Waals surface area contributed by atoms with Crippen LogP contribution in [-0.2, 0) is 18.3 Å². The van der Waals surface area contributed by atoms with E-state index in [1.54, 1.807) is 16.8 Å². The monoisotopic (exact) mass is 246 g/mol. The summed E-state index contributed by atoms with van der Waals surface area (Å²) in [4.78, 5) is 11.2. The predicted octanol–water partition coefficient (Wildman–Crippen LogP) is 1.21. The van der Waals surface area contributed by atoms with Gasteiger partial charge in [-0.2, -0.15) is 0 Å². The van der Waals surface area contributed by atoms with E-state index in [4.69, 9.17) is 0 Å². The van der Waals surface area contributed by atoms with Crippen LogP contribution < -0.4 is 5.32 Å². The highest BCUT2D eigenvalue weighted by Gasteiger charge is 2.04. The first-order valence-corrected chi connectivity index (χ1v) is 5.46. The Balaban J connectivity index is 1.96. The van der Waals surface area contributed by atoms with Crippen molar-refractivity contribution >= 4 is 11.7 Å². The van der Waals surface area contributed by atoms with Crippen molar-refractivity contribution in [1.29, 1.82) is 0 Å². The maximum absolute atomic E-state index is 11.2. The Kier molecular flexibility index (Phi) is 3.57. The van der Waals surface area contributed by atoms with Crippen molar-refractivity contribution in [1.82, 2.24) is 15.0 Å². The molecular formula is C12H14N4O2. The summed E-state index contributed by atoms with van der Waals surface area (Å²) in [5, 5.41) is 11.0. The largest absolute Gasteiger partial charge is 0.465 e. The minimum Gasteiger partial charge on any atom is -0.465 e. The highest BCUT2D eigenvalue weighted by atomic mass is 16.5. The molecule has 0 aliphatic rings. The average molecular weight is 246 g/mol. The fourth-order valence-electron chi connectivity index (χ4n) is 1.51. The summed E-state index contributed by atoms with van der Waals surface area (Å²) < 4.78 is 6.28. The van der Waals surface area contributed by atoms with Gasteiger partial charge in [0.2, 0.25) is 0 Å². The van der Waals surface area contributed by atoms with Gasteiger partial charge in [-0.15, -0.1) is 5.10 Å². The van der Waals surface area contributed by atoms with E-state index in [0.29, 0.717) is 12.1 Å². The van der Waals surface area contributed by atoms with Gasteiger partial charge in [-0.1, -0.05) is 5.21 Å². The van der Waals surface area contributed by atoms with Gasteiger partial charge in [-0.05, 0) is 24.3 Å². The predicted molar refractivity (Wildman–Crippen MR) is 66.1 cm³/mol. The van der Waals surface area contributed by atoms with Crippen molar-refractivity contribution in [2.24, 2.45) is 7.05 Å². The maximum Gasteiger partial charge on any atom is 0.337 e. The zero-order valence-electron chi connectivity index (χ0n) is 10.3. The molecule has 0 aliphatic heterocycles. The van der Waals surface area contributed by atoms with Gasteiger partial charge in [-0.3, -0.25) is 4.68 Å². The number of aryl methyl sites for hydroxylation is 1. The summed E-state index contributed by atoms with van der Waals surface area (Å²) >= 11 is 0. The molecule has 2 rings (SSSR count). The minimum absolute atomic E-state index is 0.338. The summed E-state index contributed by atoms with van der Waals surface area (Å²) in [7, 11) is 3.18. The third-order valence-corrected chi connectivity index (χ3v) is 2.43. The lowest BCUT2D eigenvalue weighted by Gasteiger charge is -2.04. The Bertz CT molecular complexity index is 533. The van der Waals surface area contributed by atoms with Gasteiger partial charge in [0, 0.05) is 18.9 Å². The fourth-order valence-corrected chi connectivity index (χ4v) is 1.51. The van der Waals surface area contributed by atoms with Crippen molar-refractivity contribution < 1.29 is 9.53 Å². The van der Waals surface area contributed by atoms with Crippen LogP contribution in [0.5, 0.6) is 0 Å². The molecule has 1 aromatic carbocycles. The Morgan fingerprint density at radius 1 is 1.39 bits per heavy atom. The number of carbonyl (C=O) groups excluding carboxylic acids is 1. The van der Waals surface area contributed by atoms with E-state index in [9.17, 15) is 4.79 Å². The number of anilines is 1. The molecule has 2 aromatic rings. The fraction of sp³-hybridized carbons (Fsp3) is 0.250. The van der Waals surface area contributed by atoms with Gasteiger partial charge >= 0.3 is 5.97 Å². The zero-order valence-corrected chi connectivity index (χ0v) is 10.3. The molecule has 0 atom stereocenters. The first-order valence-electron chi connectivity index (χ1n) is 5.46. The van der Waals surface area contributed by atoms with Crippen LogP contribution in [0.4, 0.5) is 5.69 Å². The normalized spacial score (nSPS) is 10.1. The number of benzene rings is 1. The van der Waals surface area contributed by atoms with E-state index in [-0.39, 0.29) is 5.97 Å². The van der Waals surface area contributed by atoms with Crippen LogP contribution in [-0.4, -0.2) is 28.1 Å². The molecule has 6 nitrogen and oxygen atoms in total. The van der Waals surface area contributed by atoms with E-state index in [1.165, 1.54) is 7.11 Å². The zero-order chi connectivity index (χ0) is 13.0. The number of methoxy groups -OCH3 is 1. The number of nitrogens with one attached hydrogen (secondary N) is 1. The van der Waals surface area contributed by atoms with Gasteiger partial charge in [0.1, 0.15) is 5.69 Å². The molecule has 1 heterocycles. The maximum atomic E-state index is 11.2. The lowest BCUT2D eigenvalue weighted by Crippen LogP contribution is -2.03. The van der Waals surface area contributed by atoms with E-state index >= 15 is 0 Å².